The van der Waals surface area contributed by atoms with Crippen molar-refractivity contribution in [1.82, 2.24) is 4.98 Å². The second kappa shape index (κ2) is 5.40. The van der Waals surface area contributed by atoms with Crippen molar-refractivity contribution in [3.05, 3.63) is 35.5 Å². The van der Waals surface area contributed by atoms with E-state index >= 15 is 0 Å². The van der Waals surface area contributed by atoms with Crippen molar-refractivity contribution in [3.63, 3.8) is 0 Å². The maximum atomic E-state index is 11.3. The van der Waals surface area contributed by atoms with Crippen LogP contribution < -0.4 is 3.02 Å². The van der Waals surface area contributed by atoms with Crippen LogP contribution in [0.2, 0.25) is 9.88 Å². The van der Waals surface area contributed by atoms with Gasteiger partial charge >= 0.3 is 118 Å². The Balaban J connectivity index is 2.55. The number of carbonyl (C=O) groups is 1. The normalized spacial score (nSPS) is 10.9. The molecule has 0 unspecified atom stereocenters. The van der Waals surface area contributed by atoms with Crippen LogP contribution in [-0.4, -0.2) is 35.8 Å². The molecule has 18 heavy (non-hydrogen) atoms. The molecule has 0 aliphatic carbocycles. The van der Waals surface area contributed by atoms with Gasteiger partial charge in [0, 0.05) is 0 Å². The van der Waals surface area contributed by atoms with Gasteiger partial charge in [0.25, 0.3) is 0 Å². The number of aromatic nitrogens is 1. The summed E-state index contributed by atoms with van der Waals surface area (Å²) < 4.78 is 1.07. The number of aryl methyl sites for hydroxylation is 1. The summed E-state index contributed by atoms with van der Waals surface area (Å²) in [7, 11) is 0. The molecule has 2 rings (SSSR count). The van der Waals surface area contributed by atoms with Gasteiger partial charge in [0.1, 0.15) is 0 Å². The Kier molecular flexibility index (Phi) is 4.06. The van der Waals surface area contributed by atoms with Gasteiger partial charge in [-0.1, -0.05) is 0 Å². The Labute approximate surface area is 117 Å². The number of benzene rings is 1. The van der Waals surface area contributed by atoms with E-state index < -0.39 is 25.7 Å². The molecule has 0 bridgehead atoms. The standard InChI is InChI=1S/C11H8NO2S.2CH3.Sn.H/c1-7-2-4-8(5-3-7)10-9(11(13)14)12-6-15-10;;;;/h2-5H,1H3,(H,13,14);2*1H3;;. The molecule has 0 atom stereocenters. The quantitative estimate of drug-likeness (QED) is 0.848. The van der Waals surface area contributed by atoms with Crippen molar-refractivity contribution in [2.45, 2.75) is 16.8 Å². The fraction of sp³-hybridized carbons (Fsp3) is 0.231. The van der Waals surface area contributed by atoms with Gasteiger partial charge in [0.2, 0.25) is 0 Å². The van der Waals surface area contributed by atoms with E-state index in [4.69, 9.17) is 0 Å². The summed E-state index contributed by atoms with van der Waals surface area (Å²) in [6, 6.07) is 7.93. The zero-order chi connectivity index (χ0) is 13.3. The summed E-state index contributed by atoms with van der Waals surface area (Å²) in [6.07, 6.45) is 0. The summed E-state index contributed by atoms with van der Waals surface area (Å²) in [5, 5.41) is 9.24. The molecule has 0 spiro atoms. The first kappa shape index (κ1) is 13.5. The predicted molar refractivity (Wildman–Crippen MR) is 77.8 cm³/mol. The van der Waals surface area contributed by atoms with Gasteiger partial charge in [-0.15, -0.1) is 0 Å². The van der Waals surface area contributed by atoms with Crippen molar-refractivity contribution < 1.29 is 9.90 Å². The van der Waals surface area contributed by atoms with Crippen molar-refractivity contribution >= 4 is 40.1 Å². The van der Waals surface area contributed by atoms with Crippen molar-refractivity contribution in [2.24, 2.45) is 0 Å². The molecule has 0 amide bonds. The Morgan fingerprint density at radius 2 is 1.89 bits per heavy atom. The summed E-state index contributed by atoms with van der Waals surface area (Å²) in [6.45, 7) is 2.02. The average Bonchev–Trinajstić information content (AvgIpc) is 2.75. The Bertz CT molecular complexity index is 575. The molecule has 0 radical (unpaired) electrons. The van der Waals surface area contributed by atoms with E-state index in [0.717, 1.165) is 13.5 Å². The number of carboxylic acid groups (broad SMARTS) is 1. The van der Waals surface area contributed by atoms with E-state index in [2.05, 4.69) is 14.9 Å². The second-order valence-corrected chi connectivity index (χ2v) is 14.9. The second-order valence-electron chi connectivity index (χ2n) is 4.56. The van der Waals surface area contributed by atoms with Gasteiger partial charge in [-0.2, -0.15) is 0 Å². The Morgan fingerprint density at radius 3 is 2.39 bits per heavy atom. The van der Waals surface area contributed by atoms with Crippen LogP contribution in [0.25, 0.3) is 10.4 Å². The number of carboxylic acids is 1. The minimum absolute atomic E-state index is 0.212. The molecule has 0 aliphatic rings. The van der Waals surface area contributed by atoms with Crippen LogP contribution in [0.15, 0.2) is 24.3 Å². The van der Waals surface area contributed by atoms with Gasteiger partial charge < -0.3 is 0 Å². The van der Waals surface area contributed by atoms with Crippen LogP contribution in [0.4, 0.5) is 0 Å². The number of aromatic carboxylic acids is 1. The van der Waals surface area contributed by atoms with E-state index in [1.807, 2.05) is 31.2 Å². The molecule has 94 valence electrons. The van der Waals surface area contributed by atoms with Gasteiger partial charge in [0.15, 0.2) is 0 Å². The molecule has 1 N–H and O–H groups in total. The maximum absolute atomic E-state index is 11.3. The first-order chi connectivity index (χ1) is 8.49. The van der Waals surface area contributed by atoms with Gasteiger partial charge in [0.05, 0.1) is 0 Å². The van der Waals surface area contributed by atoms with Crippen LogP contribution in [0.5, 0.6) is 0 Å². The Hall–Kier alpha value is -0.881. The van der Waals surface area contributed by atoms with E-state index in [9.17, 15) is 9.90 Å². The average molecular weight is 368 g/mol. The molecule has 0 saturated carbocycles. The molecule has 0 fully saturated rings. The third-order valence-corrected chi connectivity index (χ3v) is 10.9. The van der Waals surface area contributed by atoms with Gasteiger partial charge in [-0.25, -0.2) is 0 Å². The van der Waals surface area contributed by atoms with Crippen LogP contribution in [0.3, 0.4) is 0 Å². The third kappa shape index (κ3) is 2.75. The molecule has 3 nitrogen and oxygen atoms in total. The van der Waals surface area contributed by atoms with E-state index in [1.165, 1.54) is 5.56 Å². The third-order valence-electron chi connectivity index (χ3n) is 2.65. The van der Waals surface area contributed by atoms with Crippen molar-refractivity contribution in [3.8, 4) is 10.4 Å². The minimum atomic E-state index is -1.74. The summed E-state index contributed by atoms with van der Waals surface area (Å²) in [4.78, 5) is 20.8. The fourth-order valence-electron chi connectivity index (χ4n) is 1.63. The van der Waals surface area contributed by atoms with E-state index in [-0.39, 0.29) is 5.69 Å². The molecule has 5 heteroatoms. The molecule has 2 aromatic rings. The monoisotopic (exact) mass is 369 g/mol. The topological polar surface area (TPSA) is 50.2 Å². The van der Waals surface area contributed by atoms with Gasteiger partial charge in [-0.05, 0) is 0 Å². The molecule has 0 saturated heterocycles. The number of thiazole rings is 1. The first-order valence-electron chi connectivity index (χ1n) is 5.80. The summed E-state index contributed by atoms with van der Waals surface area (Å²) >= 11 is -0.181. The van der Waals surface area contributed by atoms with Crippen LogP contribution >= 0.6 is 11.3 Å². The number of rotatable bonds is 3. The van der Waals surface area contributed by atoms with Crippen LogP contribution in [-0.2, 0) is 0 Å². The Morgan fingerprint density at radius 1 is 1.28 bits per heavy atom. The van der Waals surface area contributed by atoms with Crippen LogP contribution in [0, 0.1) is 6.92 Å². The SMILES string of the molecule is Cc1ccc(-c2s[c]([SnH]([CH3])[CH3])nc2C(=O)O)cc1. The van der Waals surface area contributed by atoms with E-state index in [1.54, 1.807) is 11.3 Å². The number of hydrogen-bond acceptors (Lipinski definition) is 3. The number of hydrogen-bond donors (Lipinski definition) is 1. The first-order valence-corrected chi connectivity index (χ1v) is 14.9. The molecule has 0 aliphatic heterocycles. The van der Waals surface area contributed by atoms with E-state index in [0.29, 0.717) is 0 Å². The van der Waals surface area contributed by atoms with Crippen molar-refractivity contribution in [1.29, 1.82) is 0 Å². The molecule has 1 aromatic carbocycles. The predicted octanol–water partition coefficient (Wildman–Crippen LogP) is 2.51. The zero-order valence-electron chi connectivity index (χ0n) is 10.6. The fourth-order valence-corrected chi connectivity index (χ4v) is 6.83. The zero-order valence-corrected chi connectivity index (χ0v) is 14.7. The summed E-state index contributed by atoms with van der Waals surface area (Å²) in [5.74, 6) is -0.931. The molecular weight excluding hydrogens is 353 g/mol. The molecular formula is C13H15NO2SSn. The van der Waals surface area contributed by atoms with Gasteiger partial charge in [-0.3, -0.25) is 0 Å². The molecule has 1 heterocycles. The summed E-state index contributed by atoms with van der Waals surface area (Å²) in [5.41, 5.74) is 2.33. The molecule has 1 aromatic heterocycles. The van der Waals surface area contributed by atoms with Crippen LogP contribution in [0.1, 0.15) is 16.1 Å². The number of nitrogens with zero attached hydrogens (tertiary/aromatic N) is 1. The van der Waals surface area contributed by atoms with Crippen molar-refractivity contribution in [2.75, 3.05) is 0 Å².